The summed E-state index contributed by atoms with van der Waals surface area (Å²) in [6.07, 6.45) is 0.871. The molecule has 1 amide bonds. The minimum absolute atomic E-state index is 0.0137. The Hall–Kier alpha value is -2.72. The number of carbonyl (C=O) groups excluding carboxylic acids is 1. The average Bonchev–Trinajstić information content (AvgIpc) is 2.61. The van der Waals surface area contributed by atoms with E-state index in [1.807, 2.05) is 0 Å². The zero-order chi connectivity index (χ0) is 21.1. The number of hydrogen-bond donors (Lipinski definition) is 1. The number of nitrogens with zero attached hydrogens (tertiary/aromatic N) is 2. The summed E-state index contributed by atoms with van der Waals surface area (Å²) >= 11 is 5.98. The van der Waals surface area contributed by atoms with Crippen LogP contribution < -0.4 is 9.62 Å². The third-order valence-electron chi connectivity index (χ3n) is 3.84. The predicted molar refractivity (Wildman–Crippen MR) is 105 cm³/mol. The van der Waals surface area contributed by atoms with Crippen LogP contribution in [0.3, 0.4) is 0 Å². The van der Waals surface area contributed by atoms with Crippen molar-refractivity contribution in [2.24, 2.45) is 0 Å². The number of carbonyl (C=O) groups is 1. The number of nitro benzene ring substituents is 1. The maximum Gasteiger partial charge on any atom is 0.271 e. The number of sulfonamides is 1. The number of non-ortho nitro benzene ring substituents is 1. The van der Waals surface area contributed by atoms with Crippen LogP contribution in [-0.4, -0.2) is 31.5 Å². The summed E-state index contributed by atoms with van der Waals surface area (Å²) in [5.41, 5.74) is -0.639. The van der Waals surface area contributed by atoms with Crippen molar-refractivity contribution in [1.29, 1.82) is 0 Å². The number of nitrogens with one attached hydrogen (secondary N) is 1. The molecule has 11 heteroatoms. The van der Waals surface area contributed by atoms with E-state index in [0.717, 1.165) is 24.5 Å². The minimum atomic E-state index is -4.03. The number of hydrogen-bond acceptors (Lipinski definition) is 5. The van der Waals surface area contributed by atoms with Crippen molar-refractivity contribution >= 4 is 44.6 Å². The van der Waals surface area contributed by atoms with Crippen LogP contribution in [0.4, 0.5) is 21.5 Å². The van der Waals surface area contributed by atoms with Gasteiger partial charge in [-0.25, -0.2) is 12.8 Å². The molecule has 8 nitrogen and oxygen atoms in total. The number of nitro groups is 1. The van der Waals surface area contributed by atoms with Gasteiger partial charge >= 0.3 is 0 Å². The fraction of sp³-hybridized carbons (Fsp3) is 0.235. The number of benzene rings is 2. The Kier molecular flexibility index (Phi) is 6.57. The first-order valence-electron chi connectivity index (χ1n) is 8.05. The number of para-hydroxylation sites is 1. The first-order chi connectivity index (χ1) is 13.1. The molecule has 2 aromatic rings. The molecular formula is C17H17ClFN3O5S. The monoisotopic (exact) mass is 429 g/mol. The van der Waals surface area contributed by atoms with E-state index in [9.17, 15) is 27.7 Å². The molecule has 150 valence electrons. The highest BCUT2D eigenvalue weighted by atomic mass is 35.5. The van der Waals surface area contributed by atoms with Crippen molar-refractivity contribution in [2.75, 3.05) is 15.9 Å². The van der Waals surface area contributed by atoms with Gasteiger partial charge in [0, 0.05) is 12.1 Å². The highest BCUT2D eigenvalue weighted by molar-refractivity contribution is 7.92. The van der Waals surface area contributed by atoms with Gasteiger partial charge in [0.15, 0.2) is 0 Å². The molecule has 0 heterocycles. The van der Waals surface area contributed by atoms with Crippen LogP contribution in [-0.2, 0) is 14.8 Å². The lowest BCUT2D eigenvalue weighted by Crippen LogP contribution is -2.47. The Balaban J connectivity index is 2.45. The molecule has 0 saturated heterocycles. The summed E-state index contributed by atoms with van der Waals surface area (Å²) in [5.74, 6) is -1.62. The Morgan fingerprint density at radius 2 is 1.96 bits per heavy atom. The van der Waals surface area contributed by atoms with E-state index in [-0.39, 0.29) is 28.5 Å². The van der Waals surface area contributed by atoms with Crippen LogP contribution >= 0.6 is 11.6 Å². The van der Waals surface area contributed by atoms with Crippen LogP contribution in [0.25, 0.3) is 0 Å². The van der Waals surface area contributed by atoms with Crippen molar-refractivity contribution in [3.63, 3.8) is 0 Å². The van der Waals surface area contributed by atoms with E-state index in [2.05, 4.69) is 5.32 Å². The van der Waals surface area contributed by atoms with Crippen LogP contribution in [0, 0.1) is 15.9 Å². The van der Waals surface area contributed by atoms with Crippen molar-refractivity contribution in [1.82, 2.24) is 0 Å². The average molecular weight is 430 g/mol. The standard InChI is InChI=1S/C17H17ClFN3O5S/c1-3-15(21(28(2,26)27)16-7-5-4-6-13(16)19)17(23)20-14-10-11(22(24)25)8-9-12(14)18/h4-10,15H,3H2,1-2H3,(H,20,23). The summed E-state index contributed by atoms with van der Waals surface area (Å²) in [6.45, 7) is 1.55. The summed E-state index contributed by atoms with van der Waals surface area (Å²) in [4.78, 5) is 23.0. The summed E-state index contributed by atoms with van der Waals surface area (Å²) in [6, 6.07) is 7.31. The molecule has 0 radical (unpaired) electrons. The number of amides is 1. The first-order valence-corrected chi connectivity index (χ1v) is 10.3. The Morgan fingerprint density at radius 1 is 1.32 bits per heavy atom. The second kappa shape index (κ2) is 8.53. The number of anilines is 2. The first kappa shape index (κ1) is 21.6. The van der Waals surface area contributed by atoms with Crippen molar-refractivity contribution < 1.29 is 22.5 Å². The zero-order valence-electron chi connectivity index (χ0n) is 14.9. The number of rotatable bonds is 7. The highest BCUT2D eigenvalue weighted by Crippen LogP contribution is 2.29. The van der Waals surface area contributed by atoms with Gasteiger partial charge in [0.05, 0.1) is 27.6 Å². The van der Waals surface area contributed by atoms with E-state index in [1.165, 1.54) is 24.3 Å². The van der Waals surface area contributed by atoms with Gasteiger partial charge in [-0.05, 0) is 24.6 Å². The van der Waals surface area contributed by atoms with Gasteiger partial charge in [0.2, 0.25) is 15.9 Å². The summed E-state index contributed by atoms with van der Waals surface area (Å²) in [7, 11) is -4.03. The van der Waals surface area contributed by atoms with E-state index < -0.39 is 32.7 Å². The molecule has 0 saturated carbocycles. The van der Waals surface area contributed by atoms with Gasteiger partial charge in [-0.2, -0.15) is 0 Å². The molecule has 0 aliphatic heterocycles. The minimum Gasteiger partial charge on any atom is -0.323 e. The van der Waals surface area contributed by atoms with Gasteiger partial charge in [0.1, 0.15) is 11.9 Å². The molecule has 2 aromatic carbocycles. The van der Waals surface area contributed by atoms with Crippen molar-refractivity contribution in [2.45, 2.75) is 19.4 Å². The molecule has 1 N–H and O–H groups in total. The Labute approximate surface area is 166 Å². The van der Waals surface area contributed by atoms with Crippen LogP contribution in [0.15, 0.2) is 42.5 Å². The second-order valence-electron chi connectivity index (χ2n) is 5.84. The van der Waals surface area contributed by atoms with E-state index in [4.69, 9.17) is 11.6 Å². The molecule has 28 heavy (non-hydrogen) atoms. The lowest BCUT2D eigenvalue weighted by Gasteiger charge is -2.30. The van der Waals surface area contributed by atoms with Gasteiger partial charge in [-0.3, -0.25) is 19.2 Å². The van der Waals surface area contributed by atoms with Gasteiger partial charge in [-0.15, -0.1) is 0 Å². The Bertz CT molecular complexity index is 1020. The van der Waals surface area contributed by atoms with E-state index in [1.54, 1.807) is 6.92 Å². The normalized spacial score (nSPS) is 12.3. The van der Waals surface area contributed by atoms with Gasteiger partial charge < -0.3 is 5.32 Å². The molecule has 2 rings (SSSR count). The zero-order valence-corrected chi connectivity index (χ0v) is 16.5. The fourth-order valence-corrected chi connectivity index (χ4v) is 3.98. The molecule has 0 bridgehead atoms. The van der Waals surface area contributed by atoms with Crippen LogP contribution in [0.1, 0.15) is 13.3 Å². The van der Waals surface area contributed by atoms with Crippen LogP contribution in [0.5, 0.6) is 0 Å². The highest BCUT2D eigenvalue weighted by Gasteiger charge is 2.33. The smallest absolute Gasteiger partial charge is 0.271 e. The summed E-state index contributed by atoms with van der Waals surface area (Å²) < 4.78 is 39.5. The lowest BCUT2D eigenvalue weighted by molar-refractivity contribution is -0.384. The SMILES string of the molecule is CCC(C(=O)Nc1cc([N+](=O)[O-])ccc1Cl)N(c1ccccc1F)S(C)(=O)=O. The van der Waals surface area contributed by atoms with Gasteiger partial charge in [0.25, 0.3) is 5.69 Å². The topological polar surface area (TPSA) is 110 Å². The summed E-state index contributed by atoms with van der Waals surface area (Å²) in [5, 5.41) is 13.4. The second-order valence-corrected chi connectivity index (χ2v) is 8.11. The molecule has 0 aliphatic rings. The molecule has 1 atom stereocenters. The van der Waals surface area contributed by atoms with Crippen molar-refractivity contribution in [3.8, 4) is 0 Å². The maximum atomic E-state index is 14.2. The molecular weight excluding hydrogens is 413 g/mol. The lowest BCUT2D eigenvalue weighted by atomic mass is 10.1. The van der Waals surface area contributed by atoms with Crippen molar-refractivity contribution in [3.05, 3.63) is 63.4 Å². The predicted octanol–water partition coefficient (Wildman–Crippen LogP) is 3.57. The largest absolute Gasteiger partial charge is 0.323 e. The third kappa shape index (κ3) is 4.76. The van der Waals surface area contributed by atoms with E-state index >= 15 is 0 Å². The molecule has 1 unspecified atom stereocenters. The Morgan fingerprint density at radius 3 is 2.50 bits per heavy atom. The van der Waals surface area contributed by atoms with E-state index in [0.29, 0.717) is 4.31 Å². The molecule has 0 fully saturated rings. The molecule has 0 spiro atoms. The maximum absolute atomic E-state index is 14.2. The fourth-order valence-electron chi connectivity index (χ4n) is 2.60. The molecule has 0 aliphatic carbocycles. The van der Waals surface area contributed by atoms with Gasteiger partial charge in [-0.1, -0.05) is 30.7 Å². The molecule has 0 aromatic heterocycles. The quantitative estimate of drug-likeness (QED) is 0.534. The van der Waals surface area contributed by atoms with Crippen LogP contribution in [0.2, 0.25) is 5.02 Å². The number of halogens is 2. The third-order valence-corrected chi connectivity index (χ3v) is 5.33.